The van der Waals surface area contributed by atoms with Gasteiger partial charge in [0.1, 0.15) is 5.58 Å². The van der Waals surface area contributed by atoms with Gasteiger partial charge in [-0.2, -0.15) is 0 Å². The standard InChI is InChI=1S/C18H20BrNO4/c1-10-14-9-12(19)7-8-15(14)24-16(10)18(22)23-11(2)17(21)20-13-5-3-4-6-13/h7-9,11,13H,3-6H2,1-2H3,(H,20,21)/t11-/m0/s1. The van der Waals surface area contributed by atoms with Crippen molar-refractivity contribution >= 4 is 38.8 Å². The van der Waals surface area contributed by atoms with Crippen molar-refractivity contribution in [2.24, 2.45) is 0 Å². The number of halogens is 1. The molecule has 1 aromatic heterocycles. The summed E-state index contributed by atoms with van der Waals surface area (Å²) in [6, 6.07) is 5.72. The maximum absolute atomic E-state index is 12.4. The van der Waals surface area contributed by atoms with Crippen LogP contribution in [0.25, 0.3) is 11.0 Å². The van der Waals surface area contributed by atoms with Gasteiger partial charge >= 0.3 is 5.97 Å². The van der Waals surface area contributed by atoms with E-state index in [1.165, 1.54) is 0 Å². The Balaban J connectivity index is 1.70. The van der Waals surface area contributed by atoms with Crippen LogP contribution in [0.2, 0.25) is 0 Å². The summed E-state index contributed by atoms with van der Waals surface area (Å²) in [4.78, 5) is 24.5. The van der Waals surface area contributed by atoms with E-state index >= 15 is 0 Å². The highest BCUT2D eigenvalue weighted by Gasteiger charge is 2.26. The summed E-state index contributed by atoms with van der Waals surface area (Å²) in [5.74, 6) is -0.732. The van der Waals surface area contributed by atoms with E-state index in [2.05, 4.69) is 21.2 Å². The zero-order valence-corrected chi connectivity index (χ0v) is 15.3. The Morgan fingerprint density at radius 3 is 2.75 bits per heavy atom. The van der Waals surface area contributed by atoms with E-state index in [1.807, 2.05) is 12.1 Å². The van der Waals surface area contributed by atoms with Crippen molar-refractivity contribution in [2.45, 2.75) is 51.7 Å². The predicted octanol–water partition coefficient (Wildman–Crippen LogP) is 4.11. The molecule has 1 aliphatic rings. The van der Waals surface area contributed by atoms with Crippen molar-refractivity contribution in [1.82, 2.24) is 5.32 Å². The van der Waals surface area contributed by atoms with Gasteiger partial charge < -0.3 is 14.5 Å². The molecule has 1 fully saturated rings. The van der Waals surface area contributed by atoms with E-state index in [0.717, 1.165) is 35.5 Å². The van der Waals surface area contributed by atoms with Crippen molar-refractivity contribution in [2.75, 3.05) is 0 Å². The first-order valence-electron chi connectivity index (χ1n) is 8.15. The third-order valence-corrected chi connectivity index (χ3v) is 4.93. The number of furan rings is 1. The minimum atomic E-state index is -0.850. The number of carbonyl (C=O) groups is 2. The van der Waals surface area contributed by atoms with Crippen LogP contribution < -0.4 is 5.32 Å². The summed E-state index contributed by atoms with van der Waals surface area (Å²) in [5, 5.41) is 3.78. The number of nitrogens with one attached hydrogen (secondary N) is 1. The van der Waals surface area contributed by atoms with E-state index in [4.69, 9.17) is 9.15 Å². The highest BCUT2D eigenvalue weighted by atomic mass is 79.9. The van der Waals surface area contributed by atoms with Crippen molar-refractivity contribution in [3.05, 3.63) is 34.0 Å². The van der Waals surface area contributed by atoms with Gasteiger partial charge in [-0.15, -0.1) is 0 Å². The van der Waals surface area contributed by atoms with E-state index in [9.17, 15) is 9.59 Å². The zero-order valence-electron chi connectivity index (χ0n) is 13.7. The summed E-state index contributed by atoms with van der Waals surface area (Å²) < 4.78 is 11.8. The highest BCUT2D eigenvalue weighted by Crippen LogP contribution is 2.28. The summed E-state index contributed by atoms with van der Waals surface area (Å²) in [7, 11) is 0. The number of carbonyl (C=O) groups excluding carboxylic acids is 2. The minimum absolute atomic E-state index is 0.142. The molecule has 1 atom stereocenters. The van der Waals surface area contributed by atoms with E-state index < -0.39 is 12.1 Å². The number of rotatable bonds is 4. The monoisotopic (exact) mass is 393 g/mol. The lowest BCUT2D eigenvalue weighted by Crippen LogP contribution is -2.40. The molecule has 0 saturated heterocycles. The molecule has 128 valence electrons. The van der Waals surface area contributed by atoms with Crippen LogP contribution >= 0.6 is 15.9 Å². The second kappa shape index (κ2) is 6.97. The molecular formula is C18H20BrNO4. The number of benzene rings is 1. The Hall–Kier alpha value is -1.82. The molecule has 1 saturated carbocycles. The lowest BCUT2D eigenvalue weighted by Gasteiger charge is -2.16. The quantitative estimate of drug-likeness (QED) is 0.793. The summed E-state index contributed by atoms with van der Waals surface area (Å²) >= 11 is 3.40. The number of ether oxygens (including phenoxy) is 1. The van der Waals surface area contributed by atoms with Crippen LogP contribution in [0.1, 0.15) is 48.7 Å². The summed E-state index contributed by atoms with van der Waals surface area (Å²) in [6.45, 7) is 3.38. The Labute approximate surface area is 148 Å². The van der Waals surface area contributed by atoms with Gasteiger partial charge in [0, 0.05) is 21.5 Å². The molecular weight excluding hydrogens is 374 g/mol. The van der Waals surface area contributed by atoms with Gasteiger partial charge in [-0.1, -0.05) is 28.8 Å². The Morgan fingerprint density at radius 2 is 2.04 bits per heavy atom. The van der Waals surface area contributed by atoms with Crippen molar-refractivity contribution in [3.8, 4) is 0 Å². The van der Waals surface area contributed by atoms with Crippen molar-refractivity contribution in [3.63, 3.8) is 0 Å². The largest absolute Gasteiger partial charge is 0.449 e. The van der Waals surface area contributed by atoms with Gasteiger partial charge in [0.05, 0.1) is 0 Å². The molecule has 1 aliphatic carbocycles. The summed E-state index contributed by atoms with van der Waals surface area (Å²) in [6.07, 6.45) is 3.39. The molecule has 0 unspecified atom stereocenters. The number of fused-ring (bicyclic) bond motifs is 1. The molecule has 2 aromatic rings. The molecule has 6 heteroatoms. The van der Waals surface area contributed by atoms with Gasteiger partial charge in [0.25, 0.3) is 5.91 Å². The fourth-order valence-electron chi connectivity index (χ4n) is 3.04. The normalized spacial score (nSPS) is 16.3. The fraction of sp³-hybridized carbons (Fsp3) is 0.444. The van der Waals surface area contributed by atoms with Crippen molar-refractivity contribution < 1.29 is 18.7 Å². The smallest absolute Gasteiger partial charge is 0.375 e. The average Bonchev–Trinajstić information content (AvgIpc) is 3.16. The van der Waals surface area contributed by atoms with Crippen LogP contribution in [0, 0.1) is 6.92 Å². The number of aryl methyl sites for hydroxylation is 1. The molecule has 1 amide bonds. The number of hydrogen-bond donors (Lipinski definition) is 1. The molecule has 0 radical (unpaired) electrons. The Morgan fingerprint density at radius 1 is 1.33 bits per heavy atom. The first-order valence-corrected chi connectivity index (χ1v) is 8.95. The molecule has 0 bridgehead atoms. The Kier molecular flexibility index (Phi) is 4.94. The van der Waals surface area contributed by atoms with Crippen LogP contribution in [0.15, 0.2) is 27.1 Å². The first kappa shape index (κ1) is 17.0. The van der Waals surface area contributed by atoms with Gasteiger partial charge in [-0.05, 0) is 44.9 Å². The predicted molar refractivity (Wildman–Crippen MR) is 93.9 cm³/mol. The molecule has 1 aromatic carbocycles. The van der Waals surface area contributed by atoms with Gasteiger partial charge in [0.2, 0.25) is 5.76 Å². The average molecular weight is 394 g/mol. The second-order valence-electron chi connectivity index (χ2n) is 6.23. The first-order chi connectivity index (χ1) is 11.5. The van der Waals surface area contributed by atoms with Crippen LogP contribution in [0.4, 0.5) is 0 Å². The lowest BCUT2D eigenvalue weighted by atomic mass is 10.1. The van der Waals surface area contributed by atoms with Crippen LogP contribution in [-0.4, -0.2) is 24.0 Å². The molecule has 3 rings (SSSR count). The lowest BCUT2D eigenvalue weighted by molar-refractivity contribution is -0.129. The van der Waals surface area contributed by atoms with Gasteiger partial charge in [0.15, 0.2) is 6.10 Å². The molecule has 0 spiro atoms. The van der Waals surface area contributed by atoms with Gasteiger partial charge in [-0.25, -0.2) is 4.79 Å². The second-order valence-corrected chi connectivity index (χ2v) is 7.15. The van der Waals surface area contributed by atoms with Crippen molar-refractivity contribution in [1.29, 1.82) is 0 Å². The molecule has 5 nitrogen and oxygen atoms in total. The molecule has 0 aliphatic heterocycles. The molecule has 1 N–H and O–H groups in total. The van der Waals surface area contributed by atoms with Gasteiger partial charge in [-0.3, -0.25) is 4.79 Å². The maximum Gasteiger partial charge on any atom is 0.375 e. The number of hydrogen-bond acceptors (Lipinski definition) is 4. The van der Waals surface area contributed by atoms with Crippen LogP contribution in [0.5, 0.6) is 0 Å². The number of esters is 1. The third kappa shape index (κ3) is 3.48. The summed E-state index contributed by atoms with van der Waals surface area (Å²) in [5.41, 5.74) is 1.32. The van der Waals surface area contributed by atoms with E-state index in [1.54, 1.807) is 19.9 Å². The highest BCUT2D eigenvalue weighted by molar-refractivity contribution is 9.10. The zero-order chi connectivity index (χ0) is 17.3. The molecule has 1 heterocycles. The van der Waals surface area contributed by atoms with E-state index in [0.29, 0.717) is 11.1 Å². The SMILES string of the molecule is Cc1c(C(=O)O[C@@H](C)C(=O)NC2CCCC2)oc2ccc(Br)cc12. The minimum Gasteiger partial charge on any atom is -0.449 e. The molecule has 24 heavy (non-hydrogen) atoms. The fourth-order valence-corrected chi connectivity index (χ4v) is 3.41. The topological polar surface area (TPSA) is 68.5 Å². The van der Waals surface area contributed by atoms with E-state index in [-0.39, 0.29) is 17.7 Å². The maximum atomic E-state index is 12.4. The third-order valence-electron chi connectivity index (χ3n) is 4.44. The van der Waals surface area contributed by atoms with Crippen LogP contribution in [0.3, 0.4) is 0 Å². The number of amides is 1. The Bertz CT molecular complexity index is 777. The van der Waals surface area contributed by atoms with Crippen LogP contribution in [-0.2, 0) is 9.53 Å².